The van der Waals surface area contributed by atoms with Crippen molar-refractivity contribution in [3.8, 4) is 0 Å². The molecular weight excluding hydrogens is 288 g/mol. The Morgan fingerprint density at radius 3 is 2.43 bits per heavy atom. The second-order valence-corrected chi connectivity index (χ2v) is 7.81. The third-order valence-electron chi connectivity index (χ3n) is 3.10. The lowest BCUT2D eigenvalue weighted by atomic mass is 10.1. The van der Waals surface area contributed by atoms with Crippen LogP contribution in [0.15, 0.2) is 4.99 Å². The molecule has 0 radical (unpaired) electrons. The van der Waals surface area contributed by atoms with Crippen molar-refractivity contribution in [3.05, 3.63) is 0 Å². The molecule has 2 N–H and O–H groups in total. The van der Waals surface area contributed by atoms with Crippen LogP contribution in [-0.2, 0) is 10.0 Å². The normalized spacial score (nSPS) is 13.0. The average Bonchev–Trinajstić information content (AvgIpc) is 2.42. The van der Waals surface area contributed by atoms with E-state index in [4.69, 9.17) is 0 Å². The van der Waals surface area contributed by atoms with E-state index in [0.29, 0.717) is 19.0 Å². The zero-order valence-corrected chi connectivity index (χ0v) is 15.0. The topological polar surface area (TPSA) is 73.8 Å². The van der Waals surface area contributed by atoms with E-state index in [1.54, 1.807) is 14.0 Å². The number of nitrogens with one attached hydrogen (secondary N) is 2. The van der Waals surface area contributed by atoms with Gasteiger partial charge in [0, 0.05) is 33.2 Å². The maximum absolute atomic E-state index is 11.6. The van der Waals surface area contributed by atoms with Crippen molar-refractivity contribution < 1.29 is 8.42 Å². The van der Waals surface area contributed by atoms with Gasteiger partial charge in [0.15, 0.2) is 5.96 Å². The summed E-state index contributed by atoms with van der Waals surface area (Å²) in [4.78, 5) is 4.46. The average molecular weight is 321 g/mol. The van der Waals surface area contributed by atoms with Crippen molar-refractivity contribution in [2.75, 3.05) is 39.0 Å². The fourth-order valence-corrected chi connectivity index (χ4v) is 2.51. The van der Waals surface area contributed by atoms with E-state index < -0.39 is 10.0 Å². The van der Waals surface area contributed by atoms with E-state index in [0.717, 1.165) is 31.9 Å². The minimum Gasteiger partial charge on any atom is -0.357 e. The Morgan fingerprint density at radius 1 is 1.24 bits per heavy atom. The van der Waals surface area contributed by atoms with Gasteiger partial charge in [-0.25, -0.2) is 12.7 Å². The van der Waals surface area contributed by atoms with Crippen molar-refractivity contribution in [2.24, 2.45) is 10.9 Å². The Morgan fingerprint density at radius 2 is 1.90 bits per heavy atom. The summed E-state index contributed by atoms with van der Waals surface area (Å²) in [6, 6.07) is 0. The molecule has 0 atom stereocenters. The Hall–Kier alpha value is -0.820. The highest BCUT2D eigenvalue weighted by atomic mass is 32.2. The highest BCUT2D eigenvalue weighted by molar-refractivity contribution is 7.89. The summed E-state index contributed by atoms with van der Waals surface area (Å²) in [5, 5.41) is 6.48. The van der Waals surface area contributed by atoms with Crippen molar-refractivity contribution in [2.45, 2.75) is 40.5 Å². The number of aliphatic imine (C=N–C) groups is 1. The van der Waals surface area contributed by atoms with Crippen LogP contribution in [0.2, 0.25) is 0 Å². The first-order valence-electron chi connectivity index (χ1n) is 7.79. The van der Waals surface area contributed by atoms with Crippen LogP contribution in [-0.4, -0.2) is 57.7 Å². The standard InChI is InChI=1S/C14H32N4O2S/c1-6-15-14(17-11-9-13(3)4)16-10-8-12-18(5)21(19,20)7-2/h13H,6-12H2,1-5H3,(H2,15,16,17). The van der Waals surface area contributed by atoms with E-state index in [2.05, 4.69) is 29.5 Å². The zero-order chi connectivity index (χ0) is 16.3. The van der Waals surface area contributed by atoms with Crippen LogP contribution in [0.1, 0.15) is 40.5 Å². The Labute approximate surface area is 130 Å². The number of sulfonamides is 1. The van der Waals surface area contributed by atoms with Gasteiger partial charge >= 0.3 is 0 Å². The highest BCUT2D eigenvalue weighted by Gasteiger charge is 2.13. The molecule has 21 heavy (non-hydrogen) atoms. The molecule has 0 unspecified atom stereocenters. The van der Waals surface area contributed by atoms with Crippen LogP contribution < -0.4 is 10.6 Å². The molecule has 0 bridgehead atoms. The molecule has 126 valence electrons. The first-order valence-corrected chi connectivity index (χ1v) is 9.40. The van der Waals surface area contributed by atoms with E-state index >= 15 is 0 Å². The summed E-state index contributed by atoms with van der Waals surface area (Å²) in [5.41, 5.74) is 0. The second-order valence-electron chi connectivity index (χ2n) is 5.45. The van der Waals surface area contributed by atoms with E-state index in [1.165, 1.54) is 4.31 Å². The van der Waals surface area contributed by atoms with Gasteiger partial charge < -0.3 is 10.6 Å². The molecular formula is C14H32N4O2S. The van der Waals surface area contributed by atoms with E-state index in [9.17, 15) is 8.42 Å². The molecule has 6 nitrogen and oxygen atoms in total. The second kappa shape index (κ2) is 10.8. The highest BCUT2D eigenvalue weighted by Crippen LogP contribution is 1.99. The zero-order valence-electron chi connectivity index (χ0n) is 14.1. The van der Waals surface area contributed by atoms with Gasteiger partial charge in [-0.3, -0.25) is 4.99 Å². The summed E-state index contributed by atoms with van der Waals surface area (Å²) in [6.07, 6.45) is 1.82. The minimum absolute atomic E-state index is 0.145. The van der Waals surface area contributed by atoms with Gasteiger partial charge in [-0.15, -0.1) is 0 Å². The molecule has 0 amide bonds. The Balaban J connectivity index is 4.14. The van der Waals surface area contributed by atoms with Crippen molar-refractivity contribution in [1.82, 2.24) is 14.9 Å². The molecule has 0 aliphatic heterocycles. The predicted octanol–water partition coefficient (Wildman–Crippen LogP) is 1.26. The largest absolute Gasteiger partial charge is 0.357 e. The molecule has 0 saturated carbocycles. The number of hydrogen-bond acceptors (Lipinski definition) is 3. The molecule has 0 aliphatic rings. The molecule has 0 heterocycles. The summed E-state index contributed by atoms with van der Waals surface area (Å²) in [7, 11) is -1.46. The van der Waals surface area contributed by atoms with E-state index in [-0.39, 0.29) is 5.75 Å². The Bertz CT molecular complexity index is 394. The quantitative estimate of drug-likeness (QED) is 0.361. The fraction of sp³-hybridized carbons (Fsp3) is 0.929. The molecule has 7 heteroatoms. The van der Waals surface area contributed by atoms with Gasteiger partial charge in [-0.2, -0.15) is 0 Å². The number of guanidine groups is 1. The van der Waals surface area contributed by atoms with Gasteiger partial charge in [0.25, 0.3) is 0 Å². The van der Waals surface area contributed by atoms with Gasteiger partial charge in [0.05, 0.1) is 5.75 Å². The van der Waals surface area contributed by atoms with Crippen LogP contribution >= 0.6 is 0 Å². The molecule has 0 rings (SSSR count). The number of hydrogen-bond donors (Lipinski definition) is 2. The fourth-order valence-electron chi connectivity index (χ4n) is 1.66. The lowest BCUT2D eigenvalue weighted by molar-refractivity contribution is 0.464. The third-order valence-corrected chi connectivity index (χ3v) is 4.96. The van der Waals surface area contributed by atoms with Gasteiger partial charge in [0.1, 0.15) is 0 Å². The molecule has 0 spiro atoms. The van der Waals surface area contributed by atoms with Crippen molar-refractivity contribution in [1.29, 1.82) is 0 Å². The number of nitrogens with zero attached hydrogens (tertiary/aromatic N) is 2. The third kappa shape index (κ3) is 9.68. The van der Waals surface area contributed by atoms with Crippen LogP contribution in [0.5, 0.6) is 0 Å². The van der Waals surface area contributed by atoms with Gasteiger partial charge in [0.2, 0.25) is 10.0 Å². The summed E-state index contributed by atoms with van der Waals surface area (Å²) in [5.74, 6) is 1.61. The molecule has 0 aliphatic carbocycles. The molecule has 0 aromatic heterocycles. The maximum atomic E-state index is 11.6. The lowest BCUT2D eigenvalue weighted by Crippen LogP contribution is -2.38. The van der Waals surface area contributed by atoms with Crippen LogP contribution in [0.4, 0.5) is 0 Å². The van der Waals surface area contributed by atoms with Gasteiger partial charge in [-0.1, -0.05) is 13.8 Å². The summed E-state index contributed by atoms with van der Waals surface area (Å²) < 4.78 is 24.6. The first kappa shape index (κ1) is 20.2. The molecule has 0 saturated heterocycles. The lowest BCUT2D eigenvalue weighted by Gasteiger charge is -2.15. The first-order chi connectivity index (χ1) is 9.83. The van der Waals surface area contributed by atoms with Crippen LogP contribution in [0.3, 0.4) is 0 Å². The SMILES string of the molecule is CCNC(=NCCCN(C)S(=O)(=O)CC)NCCC(C)C. The van der Waals surface area contributed by atoms with Crippen LogP contribution in [0, 0.1) is 5.92 Å². The predicted molar refractivity (Wildman–Crippen MR) is 90.1 cm³/mol. The number of rotatable bonds is 10. The van der Waals surface area contributed by atoms with E-state index in [1.807, 2.05) is 6.92 Å². The van der Waals surface area contributed by atoms with Gasteiger partial charge in [-0.05, 0) is 32.6 Å². The minimum atomic E-state index is -3.08. The molecule has 0 aromatic carbocycles. The molecule has 0 aromatic rings. The summed E-state index contributed by atoms with van der Waals surface area (Å²) >= 11 is 0. The Kier molecular flexibility index (Phi) is 10.4. The van der Waals surface area contributed by atoms with Crippen molar-refractivity contribution >= 4 is 16.0 Å². The van der Waals surface area contributed by atoms with Crippen LogP contribution in [0.25, 0.3) is 0 Å². The molecule has 0 fully saturated rings. The van der Waals surface area contributed by atoms with Crippen molar-refractivity contribution in [3.63, 3.8) is 0 Å². The summed E-state index contributed by atoms with van der Waals surface area (Å²) in [6.45, 7) is 10.9. The monoisotopic (exact) mass is 320 g/mol. The maximum Gasteiger partial charge on any atom is 0.213 e. The smallest absolute Gasteiger partial charge is 0.213 e.